The lowest BCUT2D eigenvalue weighted by molar-refractivity contribution is 0.0462. The van der Waals surface area contributed by atoms with Gasteiger partial charge in [-0.05, 0) is 49.7 Å². The van der Waals surface area contributed by atoms with Gasteiger partial charge in [0, 0.05) is 23.4 Å². The monoisotopic (exact) mass is 417 g/mol. The third-order valence-corrected chi connectivity index (χ3v) is 5.46. The first-order valence-corrected chi connectivity index (χ1v) is 10.2. The quantitative estimate of drug-likeness (QED) is 0.453. The first-order chi connectivity index (χ1) is 14.5. The van der Waals surface area contributed by atoms with Crippen LogP contribution in [0.5, 0.6) is 0 Å². The molecule has 0 unspecified atom stereocenters. The minimum absolute atomic E-state index is 0.0953. The SMILES string of the molecule is Cc1ccc(Sc2ncccc2C(=O)OCc2cc(=O)n3cc(C)ccc3n2)cc1. The summed E-state index contributed by atoms with van der Waals surface area (Å²) in [7, 11) is 0. The molecule has 0 spiro atoms. The number of carbonyl (C=O) groups excluding carboxylic acids is 1. The zero-order chi connectivity index (χ0) is 21.1. The summed E-state index contributed by atoms with van der Waals surface area (Å²) in [5.41, 5.74) is 3.18. The summed E-state index contributed by atoms with van der Waals surface area (Å²) in [6.45, 7) is 3.83. The van der Waals surface area contributed by atoms with Crippen LogP contribution in [0, 0.1) is 13.8 Å². The van der Waals surface area contributed by atoms with E-state index in [0.29, 0.717) is 21.9 Å². The zero-order valence-corrected chi connectivity index (χ0v) is 17.3. The van der Waals surface area contributed by atoms with E-state index in [1.807, 2.05) is 44.2 Å². The Morgan fingerprint density at radius 2 is 1.83 bits per heavy atom. The van der Waals surface area contributed by atoms with E-state index < -0.39 is 5.97 Å². The topological polar surface area (TPSA) is 73.6 Å². The Morgan fingerprint density at radius 3 is 2.63 bits per heavy atom. The molecule has 1 aromatic carbocycles. The molecule has 4 aromatic rings. The van der Waals surface area contributed by atoms with Crippen LogP contribution in [0.15, 0.2) is 81.7 Å². The molecule has 0 aliphatic heterocycles. The summed E-state index contributed by atoms with van der Waals surface area (Å²) in [5, 5.41) is 0.563. The predicted molar refractivity (Wildman–Crippen MR) is 115 cm³/mol. The zero-order valence-electron chi connectivity index (χ0n) is 16.5. The number of pyridine rings is 2. The molecule has 150 valence electrons. The highest BCUT2D eigenvalue weighted by molar-refractivity contribution is 7.99. The molecule has 4 rings (SSSR count). The van der Waals surface area contributed by atoms with E-state index in [1.165, 1.54) is 22.2 Å². The van der Waals surface area contributed by atoms with Crippen molar-refractivity contribution in [2.45, 2.75) is 30.4 Å². The lowest BCUT2D eigenvalue weighted by atomic mass is 10.2. The number of carbonyl (C=O) groups is 1. The van der Waals surface area contributed by atoms with Gasteiger partial charge in [-0.1, -0.05) is 35.5 Å². The van der Waals surface area contributed by atoms with Gasteiger partial charge in [0.05, 0.1) is 11.3 Å². The number of esters is 1. The molecule has 6 nitrogen and oxygen atoms in total. The molecule has 0 saturated heterocycles. The van der Waals surface area contributed by atoms with Crippen LogP contribution >= 0.6 is 11.8 Å². The normalized spacial score (nSPS) is 10.9. The number of ether oxygens (including phenoxy) is 1. The molecule has 0 fully saturated rings. The van der Waals surface area contributed by atoms with Crippen molar-refractivity contribution in [2.75, 3.05) is 0 Å². The number of nitrogens with zero attached hydrogens (tertiary/aromatic N) is 3. The van der Waals surface area contributed by atoms with Gasteiger partial charge in [0.25, 0.3) is 5.56 Å². The number of benzene rings is 1. The van der Waals surface area contributed by atoms with E-state index in [4.69, 9.17) is 4.74 Å². The van der Waals surface area contributed by atoms with Gasteiger partial charge in [-0.3, -0.25) is 9.20 Å². The third-order valence-electron chi connectivity index (χ3n) is 4.44. The van der Waals surface area contributed by atoms with E-state index >= 15 is 0 Å². The summed E-state index contributed by atoms with van der Waals surface area (Å²) in [5.74, 6) is -0.511. The maximum absolute atomic E-state index is 12.7. The lowest BCUT2D eigenvalue weighted by Crippen LogP contribution is -2.17. The van der Waals surface area contributed by atoms with Crippen LogP contribution in [0.4, 0.5) is 0 Å². The van der Waals surface area contributed by atoms with Crippen LogP contribution in [0.2, 0.25) is 0 Å². The Bertz CT molecular complexity index is 1280. The summed E-state index contributed by atoms with van der Waals surface area (Å²) in [6.07, 6.45) is 3.37. The average Bonchev–Trinajstić information content (AvgIpc) is 2.74. The molecule has 30 heavy (non-hydrogen) atoms. The Kier molecular flexibility index (Phi) is 5.63. The Hall–Kier alpha value is -3.45. The second-order valence-electron chi connectivity index (χ2n) is 6.87. The smallest absolute Gasteiger partial charge is 0.341 e. The highest BCUT2D eigenvalue weighted by Crippen LogP contribution is 2.29. The van der Waals surface area contributed by atoms with Crippen molar-refractivity contribution in [3.8, 4) is 0 Å². The van der Waals surface area contributed by atoms with Gasteiger partial charge in [0.2, 0.25) is 0 Å². The largest absolute Gasteiger partial charge is 0.456 e. The molecule has 0 N–H and O–H groups in total. The Morgan fingerprint density at radius 1 is 1.07 bits per heavy atom. The molecule has 0 bridgehead atoms. The fourth-order valence-corrected chi connectivity index (χ4v) is 3.77. The van der Waals surface area contributed by atoms with Gasteiger partial charge in [-0.15, -0.1) is 0 Å². The number of hydrogen-bond donors (Lipinski definition) is 0. The van der Waals surface area contributed by atoms with Gasteiger partial charge >= 0.3 is 5.97 Å². The van der Waals surface area contributed by atoms with Gasteiger partial charge < -0.3 is 4.74 Å². The maximum Gasteiger partial charge on any atom is 0.341 e. The van der Waals surface area contributed by atoms with Crippen molar-refractivity contribution < 1.29 is 9.53 Å². The molecule has 0 aliphatic rings. The molecular weight excluding hydrogens is 398 g/mol. The van der Waals surface area contributed by atoms with Crippen molar-refractivity contribution in [3.63, 3.8) is 0 Å². The number of aryl methyl sites for hydroxylation is 2. The third kappa shape index (κ3) is 4.41. The van der Waals surface area contributed by atoms with E-state index in [0.717, 1.165) is 16.0 Å². The Balaban J connectivity index is 1.52. The predicted octanol–water partition coefficient (Wildman–Crippen LogP) is 4.21. The molecule has 3 heterocycles. The standard InChI is InChI=1S/C23H19N3O3S/c1-15-5-8-18(9-6-15)30-22-19(4-3-11-24-22)23(28)29-14-17-12-21(27)26-13-16(2)7-10-20(26)25-17/h3-13H,14H2,1-2H3. The van der Waals surface area contributed by atoms with Crippen molar-refractivity contribution in [2.24, 2.45) is 0 Å². The van der Waals surface area contributed by atoms with Crippen LogP contribution < -0.4 is 5.56 Å². The first-order valence-electron chi connectivity index (χ1n) is 9.35. The summed E-state index contributed by atoms with van der Waals surface area (Å²) < 4.78 is 6.91. The average molecular weight is 417 g/mol. The van der Waals surface area contributed by atoms with Crippen LogP contribution in [0.1, 0.15) is 27.2 Å². The van der Waals surface area contributed by atoms with E-state index in [2.05, 4.69) is 9.97 Å². The molecular formula is C23H19N3O3S. The number of fused-ring (bicyclic) bond motifs is 1. The van der Waals surface area contributed by atoms with Crippen molar-refractivity contribution in [3.05, 3.63) is 99.7 Å². The minimum atomic E-state index is -0.511. The van der Waals surface area contributed by atoms with E-state index in [9.17, 15) is 9.59 Å². The van der Waals surface area contributed by atoms with Crippen molar-refractivity contribution in [1.29, 1.82) is 0 Å². The van der Waals surface area contributed by atoms with Gasteiger partial charge in [0.1, 0.15) is 17.3 Å². The molecule has 0 aliphatic carbocycles. The summed E-state index contributed by atoms with van der Waals surface area (Å²) in [4.78, 5) is 34.7. The molecule has 7 heteroatoms. The highest BCUT2D eigenvalue weighted by Gasteiger charge is 2.16. The van der Waals surface area contributed by atoms with Crippen molar-refractivity contribution >= 4 is 23.4 Å². The van der Waals surface area contributed by atoms with Gasteiger partial charge in [-0.2, -0.15) is 0 Å². The number of aromatic nitrogens is 3. The highest BCUT2D eigenvalue weighted by atomic mass is 32.2. The van der Waals surface area contributed by atoms with E-state index in [1.54, 1.807) is 30.6 Å². The molecule has 0 atom stereocenters. The number of rotatable bonds is 5. The van der Waals surface area contributed by atoms with E-state index in [-0.39, 0.29) is 12.2 Å². The van der Waals surface area contributed by atoms with Crippen LogP contribution in [0.25, 0.3) is 5.65 Å². The fourth-order valence-electron chi connectivity index (χ4n) is 2.89. The number of hydrogen-bond acceptors (Lipinski definition) is 6. The summed E-state index contributed by atoms with van der Waals surface area (Å²) in [6, 6.07) is 16.4. The Labute approximate surface area is 177 Å². The molecule has 3 aromatic heterocycles. The molecule has 0 saturated carbocycles. The molecule has 0 radical (unpaired) electrons. The fraction of sp³-hybridized carbons (Fsp3) is 0.130. The van der Waals surface area contributed by atoms with Crippen LogP contribution in [-0.2, 0) is 11.3 Å². The van der Waals surface area contributed by atoms with Crippen molar-refractivity contribution in [1.82, 2.24) is 14.4 Å². The van der Waals surface area contributed by atoms with Gasteiger partial charge in [-0.25, -0.2) is 14.8 Å². The van der Waals surface area contributed by atoms with Crippen LogP contribution in [0.3, 0.4) is 0 Å². The lowest BCUT2D eigenvalue weighted by Gasteiger charge is -2.09. The first kappa shape index (κ1) is 19.8. The summed E-state index contributed by atoms with van der Waals surface area (Å²) >= 11 is 1.40. The second kappa shape index (κ2) is 8.51. The van der Waals surface area contributed by atoms with Gasteiger partial charge in [0.15, 0.2) is 0 Å². The second-order valence-corrected chi connectivity index (χ2v) is 7.93. The maximum atomic E-state index is 12.7. The van der Waals surface area contributed by atoms with Crippen LogP contribution in [-0.4, -0.2) is 20.3 Å². The minimum Gasteiger partial charge on any atom is -0.456 e. The molecule has 0 amide bonds.